The van der Waals surface area contributed by atoms with E-state index in [4.69, 9.17) is 5.11 Å². The molecule has 1 rings (SSSR count). The van der Waals surface area contributed by atoms with Gasteiger partial charge in [0.15, 0.2) is 23.3 Å². The highest BCUT2D eigenvalue weighted by Gasteiger charge is 2.25. The lowest BCUT2D eigenvalue weighted by Gasteiger charge is -2.20. The van der Waals surface area contributed by atoms with Crippen LogP contribution in [0, 0.1) is 29.2 Å². The van der Waals surface area contributed by atoms with Crippen molar-refractivity contribution in [2.75, 3.05) is 6.61 Å². The van der Waals surface area contributed by atoms with Crippen LogP contribution in [0.4, 0.5) is 17.6 Å². The van der Waals surface area contributed by atoms with Crippen molar-refractivity contribution in [3.8, 4) is 0 Å². The molecule has 0 saturated heterocycles. The van der Waals surface area contributed by atoms with E-state index in [0.717, 1.165) is 0 Å². The topological polar surface area (TPSA) is 49.3 Å². The number of aliphatic hydroxyl groups excluding tert-OH is 1. The molecule has 1 atom stereocenters. The summed E-state index contributed by atoms with van der Waals surface area (Å²) in [4.78, 5) is 11.6. The average molecular weight is 279 g/mol. The quantitative estimate of drug-likeness (QED) is 0.503. The monoisotopic (exact) mass is 279 g/mol. The molecule has 0 aliphatic rings. The van der Waals surface area contributed by atoms with E-state index < -0.39 is 47.4 Å². The minimum absolute atomic E-state index is 0.174. The first-order valence-electron chi connectivity index (χ1n) is 5.54. The largest absolute Gasteiger partial charge is 0.394 e. The van der Waals surface area contributed by atoms with Crippen LogP contribution < -0.4 is 5.32 Å². The fourth-order valence-corrected chi connectivity index (χ4v) is 1.41. The van der Waals surface area contributed by atoms with Crippen molar-refractivity contribution in [3.05, 3.63) is 34.9 Å². The van der Waals surface area contributed by atoms with E-state index in [2.05, 4.69) is 5.32 Å². The minimum atomic E-state index is -2.05. The molecule has 106 valence electrons. The maximum absolute atomic E-state index is 13.3. The average Bonchev–Trinajstić information content (AvgIpc) is 2.36. The summed E-state index contributed by atoms with van der Waals surface area (Å²) in [5.41, 5.74) is -0.949. The van der Waals surface area contributed by atoms with E-state index in [1.54, 1.807) is 13.8 Å². The molecule has 0 aliphatic carbocycles. The number of carbonyl (C=O) groups is 1. The maximum Gasteiger partial charge on any atom is 0.254 e. The van der Waals surface area contributed by atoms with Crippen LogP contribution in [0.15, 0.2) is 6.07 Å². The standard InChI is InChI=1S/C12H13F4NO2/c1-5(2)8(4-18)17-12(19)6-3-7(13)10(15)11(16)9(6)14/h3,5,8,18H,4H2,1-2H3,(H,17,19)/t8-/m1/s1. The van der Waals surface area contributed by atoms with Gasteiger partial charge in [0.25, 0.3) is 5.91 Å². The van der Waals surface area contributed by atoms with E-state index in [9.17, 15) is 22.4 Å². The van der Waals surface area contributed by atoms with Gasteiger partial charge in [0.1, 0.15) is 0 Å². The summed E-state index contributed by atoms with van der Waals surface area (Å²) in [5.74, 6) is -8.74. The lowest BCUT2D eigenvalue weighted by molar-refractivity contribution is 0.0890. The van der Waals surface area contributed by atoms with Crippen molar-refractivity contribution in [3.63, 3.8) is 0 Å². The number of hydrogen-bond donors (Lipinski definition) is 2. The Labute approximate surface area is 107 Å². The van der Waals surface area contributed by atoms with E-state index in [1.807, 2.05) is 0 Å². The van der Waals surface area contributed by atoms with Gasteiger partial charge in [-0.3, -0.25) is 4.79 Å². The van der Waals surface area contributed by atoms with E-state index >= 15 is 0 Å². The Morgan fingerprint density at radius 2 is 1.79 bits per heavy atom. The fourth-order valence-electron chi connectivity index (χ4n) is 1.41. The summed E-state index contributed by atoms with van der Waals surface area (Å²) in [5, 5.41) is 11.2. The van der Waals surface area contributed by atoms with Crippen LogP contribution in [-0.2, 0) is 0 Å². The summed E-state index contributed by atoms with van der Waals surface area (Å²) in [7, 11) is 0. The highest BCUT2D eigenvalue weighted by molar-refractivity contribution is 5.94. The number of aliphatic hydroxyl groups is 1. The maximum atomic E-state index is 13.3. The summed E-state index contributed by atoms with van der Waals surface area (Å²) >= 11 is 0. The number of rotatable bonds is 4. The molecule has 19 heavy (non-hydrogen) atoms. The molecular weight excluding hydrogens is 266 g/mol. The van der Waals surface area contributed by atoms with E-state index in [0.29, 0.717) is 0 Å². The zero-order valence-corrected chi connectivity index (χ0v) is 10.3. The first-order valence-corrected chi connectivity index (χ1v) is 5.54. The highest BCUT2D eigenvalue weighted by atomic mass is 19.2. The third kappa shape index (κ3) is 3.23. The van der Waals surface area contributed by atoms with Gasteiger partial charge in [-0.05, 0) is 12.0 Å². The molecule has 0 bridgehead atoms. The van der Waals surface area contributed by atoms with E-state index in [1.165, 1.54) is 0 Å². The van der Waals surface area contributed by atoms with Crippen molar-refractivity contribution < 1.29 is 27.5 Å². The van der Waals surface area contributed by atoms with Gasteiger partial charge in [-0.25, -0.2) is 17.6 Å². The molecule has 0 aliphatic heterocycles. The van der Waals surface area contributed by atoms with Crippen LogP contribution in [0.25, 0.3) is 0 Å². The molecule has 1 amide bonds. The van der Waals surface area contributed by atoms with Gasteiger partial charge in [0, 0.05) is 0 Å². The summed E-state index contributed by atoms with van der Waals surface area (Å²) in [6.07, 6.45) is 0. The number of halogens is 4. The molecule has 0 unspecified atom stereocenters. The molecule has 7 heteroatoms. The fraction of sp³-hybridized carbons (Fsp3) is 0.417. The van der Waals surface area contributed by atoms with Crippen LogP contribution in [0.3, 0.4) is 0 Å². The Hall–Kier alpha value is -1.63. The SMILES string of the molecule is CC(C)[C@@H](CO)NC(=O)c1cc(F)c(F)c(F)c1F. The van der Waals surface area contributed by atoms with Crippen LogP contribution in [0.5, 0.6) is 0 Å². The zero-order chi connectivity index (χ0) is 14.7. The van der Waals surface area contributed by atoms with Gasteiger partial charge in [-0.1, -0.05) is 13.8 Å². The highest BCUT2D eigenvalue weighted by Crippen LogP contribution is 2.19. The summed E-state index contributed by atoms with van der Waals surface area (Å²) < 4.78 is 52.0. The summed E-state index contributed by atoms with van der Waals surface area (Å²) in [6.45, 7) is 2.95. The van der Waals surface area contributed by atoms with Crippen LogP contribution in [0.1, 0.15) is 24.2 Å². The van der Waals surface area contributed by atoms with Crippen LogP contribution >= 0.6 is 0 Å². The normalized spacial score (nSPS) is 12.6. The van der Waals surface area contributed by atoms with Gasteiger partial charge in [0.2, 0.25) is 0 Å². The molecule has 0 aromatic heterocycles. The van der Waals surface area contributed by atoms with Crippen molar-refractivity contribution in [2.24, 2.45) is 5.92 Å². The Morgan fingerprint density at radius 1 is 1.21 bits per heavy atom. The van der Waals surface area contributed by atoms with Crippen molar-refractivity contribution >= 4 is 5.91 Å². The van der Waals surface area contributed by atoms with Crippen molar-refractivity contribution in [1.29, 1.82) is 0 Å². The van der Waals surface area contributed by atoms with Gasteiger partial charge in [-0.2, -0.15) is 0 Å². The second-order valence-electron chi connectivity index (χ2n) is 4.35. The molecule has 3 nitrogen and oxygen atoms in total. The second kappa shape index (κ2) is 6.01. The third-order valence-corrected chi connectivity index (χ3v) is 2.67. The predicted molar refractivity (Wildman–Crippen MR) is 59.5 cm³/mol. The zero-order valence-electron chi connectivity index (χ0n) is 10.3. The second-order valence-corrected chi connectivity index (χ2v) is 4.35. The Kier molecular flexibility index (Phi) is 4.88. The Morgan fingerprint density at radius 3 is 2.26 bits per heavy atom. The van der Waals surface area contributed by atoms with Crippen LogP contribution in [0.2, 0.25) is 0 Å². The van der Waals surface area contributed by atoms with Gasteiger partial charge in [0.05, 0.1) is 18.2 Å². The van der Waals surface area contributed by atoms with E-state index in [-0.39, 0.29) is 12.0 Å². The Bertz CT molecular complexity index is 491. The number of amides is 1. The number of carbonyl (C=O) groups excluding carboxylic acids is 1. The first kappa shape index (κ1) is 15.4. The molecular formula is C12H13F4NO2. The van der Waals surface area contributed by atoms with Gasteiger partial charge in [-0.15, -0.1) is 0 Å². The van der Waals surface area contributed by atoms with Gasteiger partial charge < -0.3 is 10.4 Å². The molecule has 0 fully saturated rings. The first-order chi connectivity index (χ1) is 8.79. The van der Waals surface area contributed by atoms with Crippen molar-refractivity contribution in [1.82, 2.24) is 5.32 Å². The number of benzene rings is 1. The van der Waals surface area contributed by atoms with Crippen LogP contribution in [-0.4, -0.2) is 23.7 Å². The molecule has 0 spiro atoms. The lowest BCUT2D eigenvalue weighted by Crippen LogP contribution is -2.41. The lowest BCUT2D eigenvalue weighted by atomic mass is 10.0. The molecule has 0 radical (unpaired) electrons. The summed E-state index contributed by atoms with van der Waals surface area (Å²) in [6, 6.07) is -0.430. The predicted octanol–water partition coefficient (Wildman–Crippen LogP) is 1.99. The van der Waals surface area contributed by atoms with Gasteiger partial charge >= 0.3 is 0 Å². The third-order valence-electron chi connectivity index (χ3n) is 2.67. The number of nitrogens with one attached hydrogen (secondary N) is 1. The molecule has 0 saturated carbocycles. The van der Waals surface area contributed by atoms with Crippen molar-refractivity contribution in [2.45, 2.75) is 19.9 Å². The molecule has 1 aromatic rings. The Balaban J connectivity index is 3.07. The number of hydrogen-bond acceptors (Lipinski definition) is 2. The minimum Gasteiger partial charge on any atom is -0.394 e. The molecule has 1 aromatic carbocycles. The molecule has 2 N–H and O–H groups in total. The molecule has 0 heterocycles. The smallest absolute Gasteiger partial charge is 0.254 e.